The molecular weight excluding hydrogens is 456 g/mol. The number of β-amino-alcohol motifs (C(OH)–C–C–N with tert-alkyl or cyclic N) is 1. The van der Waals surface area contributed by atoms with Gasteiger partial charge < -0.3 is 19.6 Å². The number of piperidine rings is 1. The fraction of sp³-hybridized carbons (Fsp3) is 0.560. The van der Waals surface area contributed by atoms with Crippen LogP contribution >= 0.6 is 11.6 Å². The molecule has 2 N–H and O–H groups in total. The molecule has 2 aromatic rings. The number of carbonyl (C=O) groups is 1. The highest BCUT2D eigenvalue weighted by Gasteiger charge is 2.46. The van der Waals surface area contributed by atoms with E-state index < -0.39 is 5.97 Å². The number of H-pyrrole nitrogens is 1. The summed E-state index contributed by atoms with van der Waals surface area (Å²) in [6, 6.07) is 3.55. The normalized spacial score (nSPS) is 18.7. The van der Waals surface area contributed by atoms with Gasteiger partial charge in [-0.2, -0.15) is 0 Å². The Balaban J connectivity index is 1.43. The van der Waals surface area contributed by atoms with E-state index in [1.54, 1.807) is 13.0 Å². The maximum Gasteiger partial charge on any atom is 0.338 e. The Morgan fingerprint density at radius 2 is 2.03 bits per heavy atom. The van der Waals surface area contributed by atoms with E-state index in [9.17, 15) is 14.7 Å². The van der Waals surface area contributed by atoms with Crippen LogP contribution in [0.4, 0.5) is 11.6 Å². The highest BCUT2D eigenvalue weighted by Crippen LogP contribution is 2.50. The number of nitrogens with zero attached hydrogens (tertiary/aromatic N) is 3. The third-order valence-electron chi connectivity index (χ3n) is 7.51. The Hall–Kier alpha value is -2.58. The van der Waals surface area contributed by atoms with Crippen molar-refractivity contribution in [2.24, 2.45) is 0 Å². The smallest absolute Gasteiger partial charge is 0.338 e. The van der Waals surface area contributed by atoms with E-state index in [-0.39, 0.29) is 17.6 Å². The molecule has 0 unspecified atom stereocenters. The molecular formula is C25H31ClN4O4. The van der Waals surface area contributed by atoms with Gasteiger partial charge in [-0.05, 0) is 57.6 Å². The highest BCUT2D eigenvalue weighted by molar-refractivity contribution is 6.32. The van der Waals surface area contributed by atoms with Crippen molar-refractivity contribution in [2.45, 2.75) is 50.9 Å². The predicted molar refractivity (Wildman–Crippen MR) is 131 cm³/mol. The van der Waals surface area contributed by atoms with Crippen LogP contribution in [0.3, 0.4) is 0 Å². The molecule has 3 heterocycles. The minimum atomic E-state index is -0.394. The van der Waals surface area contributed by atoms with E-state index in [1.807, 2.05) is 6.07 Å². The lowest BCUT2D eigenvalue weighted by Gasteiger charge is -2.40. The number of ether oxygens (including phenoxy) is 1. The lowest BCUT2D eigenvalue weighted by Crippen LogP contribution is -2.46. The van der Waals surface area contributed by atoms with Crippen molar-refractivity contribution in [3.8, 4) is 0 Å². The lowest BCUT2D eigenvalue weighted by molar-refractivity contribution is 0.0526. The predicted octanol–water partition coefficient (Wildman–Crippen LogP) is 2.83. The van der Waals surface area contributed by atoms with Crippen molar-refractivity contribution in [1.29, 1.82) is 0 Å². The molecule has 9 heteroatoms. The molecule has 5 rings (SSSR count). The zero-order valence-electron chi connectivity index (χ0n) is 19.5. The van der Waals surface area contributed by atoms with Crippen molar-refractivity contribution in [2.75, 3.05) is 49.2 Å². The molecule has 34 heavy (non-hydrogen) atoms. The van der Waals surface area contributed by atoms with E-state index in [1.165, 1.54) is 0 Å². The van der Waals surface area contributed by atoms with Gasteiger partial charge in [0.2, 0.25) is 5.95 Å². The van der Waals surface area contributed by atoms with Crippen molar-refractivity contribution in [3.05, 3.63) is 49.9 Å². The summed E-state index contributed by atoms with van der Waals surface area (Å²) in [5.41, 5.74) is 3.98. The Bertz CT molecular complexity index is 1160. The second kappa shape index (κ2) is 9.23. The van der Waals surface area contributed by atoms with Gasteiger partial charge in [-0.25, -0.2) is 9.78 Å². The maximum atomic E-state index is 12.6. The van der Waals surface area contributed by atoms with Gasteiger partial charge in [0.25, 0.3) is 5.56 Å². The van der Waals surface area contributed by atoms with E-state index in [2.05, 4.69) is 14.8 Å². The molecule has 1 aromatic carbocycles. The molecule has 0 amide bonds. The second-order valence-electron chi connectivity index (χ2n) is 9.51. The summed E-state index contributed by atoms with van der Waals surface area (Å²) in [5.74, 6) is 0.268. The van der Waals surface area contributed by atoms with Gasteiger partial charge in [-0.15, -0.1) is 0 Å². The number of aliphatic hydroxyl groups is 1. The molecule has 3 aliphatic rings. The van der Waals surface area contributed by atoms with Crippen LogP contribution in [-0.4, -0.2) is 60.4 Å². The molecule has 1 spiro atoms. The first kappa shape index (κ1) is 23.2. The molecule has 182 valence electrons. The van der Waals surface area contributed by atoms with Crippen LogP contribution in [0.25, 0.3) is 0 Å². The summed E-state index contributed by atoms with van der Waals surface area (Å²) < 4.78 is 5.18. The van der Waals surface area contributed by atoms with E-state index in [0.717, 1.165) is 80.7 Å². The SMILES string of the molecule is CCOC(=O)c1cc(Cl)c2c(c1)N(CCO)CC21CCN(c2nc3c(c(=O)[nH]2)CCCC3)CC1. The Morgan fingerprint density at radius 1 is 1.26 bits per heavy atom. The minimum Gasteiger partial charge on any atom is -0.462 e. The number of nitrogens with one attached hydrogen (secondary N) is 1. The minimum absolute atomic E-state index is 0.00476. The third-order valence-corrected chi connectivity index (χ3v) is 7.81. The Kier molecular flexibility index (Phi) is 6.29. The standard InChI is InChI=1S/C25H31ClN4O4/c1-2-34-23(33)16-13-18(26)21-20(14-16)30(11-12-31)15-25(21)7-9-29(10-8-25)24-27-19-6-4-3-5-17(19)22(32)28-24/h13-14,31H,2-12,15H2,1H3,(H,27,28,32). The number of rotatable bonds is 5. The van der Waals surface area contributed by atoms with Gasteiger partial charge in [0.15, 0.2) is 0 Å². The van der Waals surface area contributed by atoms with E-state index >= 15 is 0 Å². The number of aliphatic hydroxyl groups excluding tert-OH is 1. The van der Waals surface area contributed by atoms with Gasteiger partial charge in [-0.1, -0.05) is 11.6 Å². The largest absolute Gasteiger partial charge is 0.462 e. The topological polar surface area (TPSA) is 98.8 Å². The summed E-state index contributed by atoms with van der Waals surface area (Å²) in [4.78, 5) is 37.1. The summed E-state index contributed by atoms with van der Waals surface area (Å²) in [7, 11) is 0. The second-order valence-corrected chi connectivity index (χ2v) is 9.91. The number of benzene rings is 1. The van der Waals surface area contributed by atoms with Gasteiger partial charge in [-0.3, -0.25) is 9.78 Å². The molecule has 0 atom stereocenters. The number of fused-ring (bicyclic) bond motifs is 3. The molecule has 0 bridgehead atoms. The molecule has 1 fully saturated rings. The van der Waals surface area contributed by atoms with Gasteiger partial charge in [0.05, 0.1) is 24.5 Å². The van der Waals surface area contributed by atoms with Crippen LogP contribution in [0, 0.1) is 0 Å². The fourth-order valence-electron chi connectivity index (χ4n) is 5.84. The molecule has 2 aliphatic heterocycles. The number of carbonyl (C=O) groups excluding carboxylic acids is 1. The average molecular weight is 487 g/mol. The summed E-state index contributed by atoms with van der Waals surface area (Å²) in [6.45, 7) is 4.78. The van der Waals surface area contributed by atoms with Gasteiger partial charge in [0.1, 0.15) is 0 Å². The van der Waals surface area contributed by atoms with Crippen molar-refractivity contribution >= 4 is 29.2 Å². The Labute approximate surface area is 203 Å². The third kappa shape index (κ3) is 3.96. The molecule has 0 radical (unpaired) electrons. The maximum absolute atomic E-state index is 12.6. The summed E-state index contributed by atoms with van der Waals surface area (Å²) in [6.07, 6.45) is 5.47. The highest BCUT2D eigenvalue weighted by atomic mass is 35.5. The Morgan fingerprint density at radius 3 is 2.76 bits per heavy atom. The molecule has 1 aromatic heterocycles. The first-order chi connectivity index (χ1) is 16.5. The average Bonchev–Trinajstić information content (AvgIpc) is 3.13. The quantitative estimate of drug-likeness (QED) is 0.627. The number of hydrogen-bond acceptors (Lipinski definition) is 7. The summed E-state index contributed by atoms with van der Waals surface area (Å²) in [5, 5.41) is 10.2. The first-order valence-corrected chi connectivity index (χ1v) is 12.6. The van der Waals surface area contributed by atoms with Crippen molar-refractivity contribution < 1.29 is 14.6 Å². The zero-order chi connectivity index (χ0) is 23.9. The first-order valence-electron chi connectivity index (χ1n) is 12.2. The van der Waals surface area contributed by atoms with Gasteiger partial charge >= 0.3 is 5.97 Å². The van der Waals surface area contributed by atoms with Gasteiger partial charge in [0, 0.05) is 53.4 Å². The number of hydrogen-bond donors (Lipinski definition) is 2. The number of aryl methyl sites for hydroxylation is 1. The zero-order valence-corrected chi connectivity index (χ0v) is 20.3. The number of anilines is 2. The monoisotopic (exact) mass is 486 g/mol. The number of halogens is 1. The molecule has 1 saturated heterocycles. The number of aromatic nitrogens is 2. The number of esters is 1. The van der Waals surface area contributed by atoms with Crippen LogP contribution in [0.5, 0.6) is 0 Å². The molecule has 8 nitrogen and oxygen atoms in total. The van der Waals surface area contributed by atoms with Crippen LogP contribution in [0.1, 0.15) is 59.8 Å². The van der Waals surface area contributed by atoms with Crippen LogP contribution < -0.4 is 15.4 Å². The molecule has 0 saturated carbocycles. The fourth-order valence-corrected chi connectivity index (χ4v) is 6.26. The molecule has 1 aliphatic carbocycles. The van der Waals surface area contributed by atoms with Crippen molar-refractivity contribution in [3.63, 3.8) is 0 Å². The van der Waals surface area contributed by atoms with Crippen LogP contribution in [-0.2, 0) is 23.0 Å². The summed E-state index contributed by atoms with van der Waals surface area (Å²) >= 11 is 6.79. The lowest BCUT2D eigenvalue weighted by atomic mass is 9.74. The van der Waals surface area contributed by atoms with E-state index in [0.29, 0.717) is 29.7 Å². The van der Waals surface area contributed by atoms with Crippen molar-refractivity contribution in [1.82, 2.24) is 9.97 Å². The van der Waals surface area contributed by atoms with E-state index in [4.69, 9.17) is 21.3 Å². The number of aromatic amines is 1. The van der Waals surface area contributed by atoms with Crippen LogP contribution in [0.2, 0.25) is 5.02 Å². The van der Waals surface area contributed by atoms with Crippen LogP contribution in [0.15, 0.2) is 16.9 Å².